The molecule has 2 rings (SSSR count). The number of halogens is 3. The Balaban J connectivity index is 2.40. The van der Waals surface area contributed by atoms with Gasteiger partial charge in [-0.05, 0) is 37.8 Å². The normalized spacial score (nSPS) is 13.1. The Bertz CT molecular complexity index is 598. The van der Waals surface area contributed by atoms with Crippen LogP contribution < -0.4 is 0 Å². The molecule has 2 nitrogen and oxygen atoms in total. The van der Waals surface area contributed by atoms with Gasteiger partial charge >= 0.3 is 0 Å². The maximum absolute atomic E-state index is 13.8. The number of benzene rings is 1. The van der Waals surface area contributed by atoms with Crippen molar-refractivity contribution in [2.24, 2.45) is 0 Å². The number of hydrogen-bond donors (Lipinski definition) is 0. The van der Waals surface area contributed by atoms with Crippen molar-refractivity contribution < 1.29 is 8.78 Å². The summed E-state index contributed by atoms with van der Waals surface area (Å²) in [6.07, 6.45) is 4.04. The van der Waals surface area contributed by atoms with Gasteiger partial charge in [0.05, 0.1) is 10.9 Å². The molecule has 0 aliphatic heterocycles. The summed E-state index contributed by atoms with van der Waals surface area (Å²) >= 11 is 7.90. The van der Waals surface area contributed by atoms with Crippen molar-refractivity contribution in [3.05, 3.63) is 29.6 Å². The van der Waals surface area contributed by atoms with E-state index in [-0.39, 0.29) is 10.9 Å². The van der Waals surface area contributed by atoms with E-state index in [1.807, 2.05) is 4.57 Å². The minimum atomic E-state index is -0.638. The van der Waals surface area contributed by atoms with E-state index in [9.17, 15) is 8.78 Å². The van der Waals surface area contributed by atoms with E-state index in [2.05, 4.69) is 11.2 Å². The zero-order chi connectivity index (χ0) is 14.7. The first-order valence-electron chi connectivity index (χ1n) is 6.52. The zero-order valence-corrected chi connectivity index (χ0v) is 13.1. The van der Waals surface area contributed by atoms with Crippen LogP contribution >= 0.6 is 23.4 Å². The van der Waals surface area contributed by atoms with Crippen molar-refractivity contribution in [3.63, 3.8) is 0 Å². The second-order valence-corrected chi connectivity index (χ2v) is 6.33. The van der Waals surface area contributed by atoms with Crippen LogP contribution in [0.4, 0.5) is 8.78 Å². The third kappa shape index (κ3) is 3.26. The average Bonchev–Trinajstić information content (AvgIpc) is 2.74. The van der Waals surface area contributed by atoms with Crippen LogP contribution in [-0.4, -0.2) is 21.6 Å². The summed E-state index contributed by atoms with van der Waals surface area (Å²) in [6.45, 7) is 2.46. The molecule has 0 N–H and O–H groups in total. The highest BCUT2D eigenvalue weighted by Crippen LogP contribution is 2.27. The fraction of sp³-hybridized carbons (Fsp3) is 0.500. The molecule has 0 amide bonds. The summed E-state index contributed by atoms with van der Waals surface area (Å²) in [5, 5.41) is -0.342. The summed E-state index contributed by atoms with van der Waals surface area (Å²) in [6, 6.07) is 2.18. The van der Waals surface area contributed by atoms with E-state index in [1.54, 1.807) is 18.7 Å². The lowest BCUT2D eigenvalue weighted by molar-refractivity contribution is 0.588. The van der Waals surface area contributed by atoms with E-state index in [4.69, 9.17) is 11.6 Å². The Hall–Kier alpha value is -0.810. The van der Waals surface area contributed by atoms with Crippen LogP contribution in [0.3, 0.4) is 0 Å². The molecule has 0 aliphatic rings. The summed E-state index contributed by atoms with van der Waals surface area (Å²) in [4.78, 5) is 4.24. The minimum Gasteiger partial charge on any atom is -0.327 e. The van der Waals surface area contributed by atoms with Crippen LogP contribution in [0.2, 0.25) is 0 Å². The quantitative estimate of drug-likeness (QED) is 0.564. The highest BCUT2D eigenvalue weighted by molar-refractivity contribution is 7.98. The fourth-order valence-corrected chi connectivity index (χ4v) is 2.88. The van der Waals surface area contributed by atoms with Crippen LogP contribution in [0.25, 0.3) is 11.0 Å². The van der Waals surface area contributed by atoms with Crippen molar-refractivity contribution in [3.8, 4) is 0 Å². The van der Waals surface area contributed by atoms with Crippen LogP contribution in [-0.2, 0) is 6.54 Å². The lowest BCUT2D eigenvalue weighted by Crippen LogP contribution is -2.05. The third-order valence-electron chi connectivity index (χ3n) is 3.14. The molecule has 1 unspecified atom stereocenters. The monoisotopic (exact) mass is 318 g/mol. The Morgan fingerprint density at radius 1 is 1.35 bits per heavy atom. The highest BCUT2D eigenvalue weighted by Gasteiger charge is 2.18. The lowest BCUT2D eigenvalue weighted by Gasteiger charge is -2.10. The number of imidazole rings is 1. The largest absolute Gasteiger partial charge is 0.327 e. The van der Waals surface area contributed by atoms with Gasteiger partial charge in [-0.2, -0.15) is 11.8 Å². The maximum Gasteiger partial charge on any atom is 0.153 e. The van der Waals surface area contributed by atoms with Gasteiger partial charge in [-0.1, -0.05) is 0 Å². The van der Waals surface area contributed by atoms with Gasteiger partial charge in [0.1, 0.15) is 17.2 Å². The number of thioether (sulfide) groups is 1. The second kappa shape index (κ2) is 6.76. The van der Waals surface area contributed by atoms with E-state index in [1.165, 1.54) is 6.07 Å². The molecule has 0 radical (unpaired) electrons. The molecule has 0 spiro atoms. The predicted octanol–water partition coefficient (Wildman–Crippen LogP) is 4.76. The molecule has 0 fully saturated rings. The summed E-state index contributed by atoms with van der Waals surface area (Å²) in [5.74, 6) is 0.437. The van der Waals surface area contributed by atoms with Crippen molar-refractivity contribution in [2.75, 3.05) is 12.0 Å². The van der Waals surface area contributed by atoms with E-state index < -0.39 is 11.6 Å². The Kier molecular flexibility index (Phi) is 5.27. The molecule has 0 saturated heterocycles. The standard InChI is InChI=1S/C14H17ClF2N2S/c1-9(15)14-18-13-11(17)7-10(16)8-12(13)19(14)5-3-4-6-20-2/h7-9H,3-6H2,1-2H3. The minimum absolute atomic E-state index is 0.193. The van der Waals surface area contributed by atoms with Gasteiger partial charge < -0.3 is 4.57 Å². The van der Waals surface area contributed by atoms with Crippen molar-refractivity contribution in [2.45, 2.75) is 31.7 Å². The van der Waals surface area contributed by atoms with E-state index >= 15 is 0 Å². The Labute approximate surface area is 126 Å². The van der Waals surface area contributed by atoms with Crippen LogP contribution in [0, 0.1) is 11.6 Å². The summed E-state index contributed by atoms with van der Waals surface area (Å²) < 4.78 is 29.0. The number of hydrogen-bond acceptors (Lipinski definition) is 2. The Morgan fingerprint density at radius 2 is 2.10 bits per heavy atom. The molecule has 20 heavy (non-hydrogen) atoms. The van der Waals surface area contributed by atoms with E-state index in [0.717, 1.165) is 24.7 Å². The number of fused-ring (bicyclic) bond motifs is 1. The number of unbranched alkanes of at least 4 members (excludes halogenated alkanes) is 1. The van der Waals surface area contributed by atoms with Gasteiger partial charge in [0.25, 0.3) is 0 Å². The van der Waals surface area contributed by atoms with Crippen LogP contribution in [0.1, 0.15) is 31.0 Å². The summed E-state index contributed by atoms with van der Waals surface area (Å²) in [5.41, 5.74) is 0.674. The molecular weight excluding hydrogens is 302 g/mol. The van der Waals surface area contributed by atoms with Crippen LogP contribution in [0.15, 0.2) is 12.1 Å². The number of aryl methyl sites for hydroxylation is 1. The molecule has 1 aromatic carbocycles. The van der Waals surface area contributed by atoms with Crippen LogP contribution in [0.5, 0.6) is 0 Å². The highest BCUT2D eigenvalue weighted by atomic mass is 35.5. The molecule has 1 atom stereocenters. The summed E-state index contributed by atoms with van der Waals surface area (Å²) in [7, 11) is 0. The third-order valence-corrected chi connectivity index (χ3v) is 4.03. The van der Waals surface area contributed by atoms with Gasteiger partial charge in [-0.15, -0.1) is 11.6 Å². The van der Waals surface area contributed by atoms with Gasteiger partial charge in [0.15, 0.2) is 5.82 Å². The van der Waals surface area contributed by atoms with Crippen molar-refractivity contribution in [1.82, 2.24) is 9.55 Å². The van der Waals surface area contributed by atoms with Gasteiger partial charge in [-0.3, -0.25) is 0 Å². The average molecular weight is 319 g/mol. The molecule has 0 bridgehead atoms. The molecule has 2 aromatic rings. The van der Waals surface area contributed by atoms with Crippen molar-refractivity contribution >= 4 is 34.4 Å². The van der Waals surface area contributed by atoms with E-state index in [0.29, 0.717) is 17.9 Å². The first-order chi connectivity index (χ1) is 9.54. The Morgan fingerprint density at radius 3 is 2.75 bits per heavy atom. The molecule has 6 heteroatoms. The second-order valence-electron chi connectivity index (χ2n) is 4.69. The van der Waals surface area contributed by atoms with Gasteiger partial charge in [0, 0.05) is 12.6 Å². The molecule has 0 aliphatic carbocycles. The first kappa shape index (κ1) is 15.6. The molecular formula is C14H17ClF2N2S. The molecule has 1 aromatic heterocycles. The lowest BCUT2D eigenvalue weighted by atomic mass is 10.2. The first-order valence-corrected chi connectivity index (χ1v) is 8.35. The van der Waals surface area contributed by atoms with Crippen molar-refractivity contribution in [1.29, 1.82) is 0 Å². The van der Waals surface area contributed by atoms with Gasteiger partial charge in [-0.25, -0.2) is 13.8 Å². The molecule has 0 saturated carbocycles. The zero-order valence-electron chi connectivity index (χ0n) is 11.5. The number of nitrogens with zero attached hydrogens (tertiary/aromatic N) is 2. The number of aromatic nitrogens is 2. The smallest absolute Gasteiger partial charge is 0.153 e. The predicted molar refractivity (Wildman–Crippen MR) is 81.5 cm³/mol. The number of rotatable bonds is 6. The topological polar surface area (TPSA) is 17.8 Å². The molecule has 110 valence electrons. The number of alkyl halides is 1. The van der Waals surface area contributed by atoms with Gasteiger partial charge in [0.2, 0.25) is 0 Å². The fourth-order valence-electron chi connectivity index (χ4n) is 2.22. The molecule has 1 heterocycles. The maximum atomic E-state index is 13.8. The SMILES string of the molecule is CSCCCCn1c(C(C)Cl)nc2c(F)cc(F)cc21.